The summed E-state index contributed by atoms with van der Waals surface area (Å²) in [6, 6.07) is 14.4. The van der Waals surface area contributed by atoms with Crippen molar-refractivity contribution in [3.05, 3.63) is 54.4 Å². The fourth-order valence-corrected chi connectivity index (χ4v) is 2.07. The molecule has 2 nitrogen and oxygen atoms in total. The van der Waals surface area contributed by atoms with Gasteiger partial charge in [-0.05, 0) is 37.1 Å². The van der Waals surface area contributed by atoms with E-state index in [0.29, 0.717) is 0 Å². The van der Waals surface area contributed by atoms with Gasteiger partial charge in [-0.3, -0.25) is 4.98 Å². The predicted molar refractivity (Wildman–Crippen MR) is 81.8 cm³/mol. The highest BCUT2D eigenvalue weighted by atomic mass is 14.9. The molecule has 0 saturated carbocycles. The molecular weight excluding hydrogens is 232 g/mol. The van der Waals surface area contributed by atoms with Gasteiger partial charge in [0.25, 0.3) is 0 Å². The first-order valence-electron chi connectivity index (χ1n) is 7.15. The summed E-state index contributed by atoms with van der Waals surface area (Å²) in [4.78, 5) is 4.51. The van der Waals surface area contributed by atoms with Crippen LogP contribution in [0.2, 0.25) is 0 Å². The van der Waals surface area contributed by atoms with Crippen molar-refractivity contribution in [2.75, 3.05) is 5.32 Å². The SMILES string of the molecule is CCCCCCc1ccc(Nc2ccccc2)cn1. The van der Waals surface area contributed by atoms with Crippen molar-refractivity contribution in [1.29, 1.82) is 0 Å². The van der Waals surface area contributed by atoms with Crippen LogP contribution in [0.15, 0.2) is 48.7 Å². The summed E-state index contributed by atoms with van der Waals surface area (Å²) in [5.74, 6) is 0. The Morgan fingerprint density at radius 3 is 2.42 bits per heavy atom. The fourth-order valence-electron chi connectivity index (χ4n) is 2.07. The Morgan fingerprint density at radius 2 is 1.74 bits per heavy atom. The molecule has 0 atom stereocenters. The summed E-state index contributed by atoms with van der Waals surface area (Å²) in [6.07, 6.45) is 8.17. The largest absolute Gasteiger partial charge is 0.354 e. The summed E-state index contributed by atoms with van der Waals surface area (Å²) in [6.45, 7) is 2.24. The van der Waals surface area contributed by atoms with Gasteiger partial charge in [0.1, 0.15) is 0 Å². The van der Waals surface area contributed by atoms with Gasteiger partial charge in [-0.25, -0.2) is 0 Å². The lowest BCUT2D eigenvalue weighted by molar-refractivity contribution is 0.661. The van der Waals surface area contributed by atoms with E-state index < -0.39 is 0 Å². The van der Waals surface area contributed by atoms with Crippen LogP contribution < -0.4 is 5.32 Å². The van der Waals surface area contributed by atoms with Gasteiger partial charge in [-0.15, -0.1) is 0 Å². The second-order valence-electron chi connectivity index (χ2n) is 4.84. The van der Waals surface area contributed by atoms with Gasteiger partial charge in [0.2, 0.25) is 0 Å². The maximum Gasteiger partial charge on any atom is 0.0570 e. The van der Waals surface area contributed by atoms with Crippen LogP contribution in [0, 0.1) is 0 Å². The summed E-state index contributed by atoms with van der Waals surface area (Å²) in [5, 5.41) is 3.35. The molecule has 1 N–H and O–H groups in total. The third-order valence-corrected chi connectivity index (χ3v) is 3.17. The Hall–Kier alpha value is -1.83. The molecule has 100 valence electrons. The first kappa shape index (κ1) is 13.6. The van der Waals surface area contributed by atoms with Gasteiger partial charge in [0.05, 0.1) is 11.9 Å². The summed E-state index contributed by atoms with van der Waals surface area (Å²) < 4.78 is 0. The Kier molecular flexibility index (Phi) is 5.42. The van der Waals surface area contributed by atoms with Crippen LogP contribution in [0.25, 0.3) is 0 Å². The van der Waals surface area contributed by atoms with Crippen LogP contribution in [0.4, 0.5) is 11.4 Å². The lowest BCUT2D eigenvalue weighted by atomic mass is 10.1. The highest BCUT2D eigenvalue weighted by molar-refractivity contribution is 5.58. The molecule has 1 heterocycles. The number of unbranched alkanes of at least 4 members (excludes halogenated alkanes) is 3. The van der Waals surface area contributed by atoms with Crippen molar-refractivity contribution in [3.8, 4) is 0 Å². The zero-order valence-corrected chi connectivity index (χ0v) is 11.6. The van der Waals surface area contributed by atoms with Gasteiger partial charge in [-0.2, -0.15) is 0 Å². The number of nitrogens with one attached hydrogen (secondary N) is 1. The highest BCUT2D eigenvalue weighted by Crippen LogP contribution is 2.15. The van der Waals surface area contributed by atoms with E-state index in [1.54, 1.807) is 0 Å². The third kappa shape index (κ3) is 4.74. The molecule has 0 radical (unpaired) electrons. The Balaban J connectivity index is 1.84. The van der Waals surface area contributed by atoms with Gasteiger partial charge >= 0.3 is 0 Å². The van der Waals surface area contributed by atoms with Crippen molar-refractivity contribution >= 4 is 11.4 Å². The van der Waals surface area contributed by atoms with E-state index >= 15 is 0 Å². The topological polar surface area (TPSA) is 24.9 Å². The quantitative estimate of drug-likeness (QED) is 0.707. The van der Waals surface area contributed by atoms with Crippen molar-refractivity contribution in [1.82, 2.24) is 4.98 Å². The van der Waals surface area contributed by atoms with Gasteiger partial charge in [0.15, 0.2) is 0 Å². The normalized spacial score (nSPS) is 10.4. The summed E-state index contributed by atoms with van der Waals surface area (Å²) >= 11 is 0. The van der Waals surface area contributed by atoms with E-state index in [9.17, 15) is 0 Å². The molecule has 0 aliphatic rings. The minimum atomic E-state index is 1.04. The van der Waals surface area contributed by atoms with E-state index in [4.69, 9.17) is 0 Å². The molecule has 0 bridgehead atoms. The maximum absolute atomic E-state index is 4.51. The minimum absolute atomic E-state index is 1.04. The molecule has 0 unspecified atom stereocenters. The van der Waals surface area contributed by atoms with Crippen LogP contribution in [0.1, 0.15) is 38.3 Å². The zero-order valence-electron chi connectivity index (χ0n) is 11.6. The zero-order chi connectivity index (χ0) is 13.3. The van der Waals surface area contributed by atoms with E-state index in [1.807, 2.05) is 24.4 Å². The van der Waals surface area contributed by atoms with Crippen molar-refractivity contribution in [3.63, 3.8) is 0 Å². The number of aryl methyl sites for hydroxylation is 1. The number of aromatic nitrogens is 1. The number of pyridine rings is 1. The number of anilines is 2. The number of benzene rings is 1. The number of nitrogens with zero attached hydrogens (tertiary/aromatic N) is 1. The molecule has 2 rings (SSSR count). The third-order valence-electron chi connectivity index (χ3n) is 3.17. The lowest BCUT2D eigenvalue weighted by Gasteiger charge is -2.06. The van der Waals surface area contributed by atoms with Crippen LogP contribution >= 0.6 is 0 Å². The molecule has 2 heteroatoms. The molecule has 19 heavy (non-hydrogen) atoms. The molecule has 0 amide bonds. The summed E-state index contributed by atoms with van der Waals surface area (Å²) in [7, 11) is 0. The van der Waals surface area contributed by atoms with Crippen LogP contribution in [0.5, 0.6) is 0 Å². The first-order valence-corrected chi connectivity index (χ1v) is 7.15. The molecule has 0 saturated heterocycles. The summed E-state index contributed by atoms with van der Waals surface area (Å²) in [5.41, 5.74) is 3.33. The van der Waals surface area contributed by atoms with Gasteiger partial charge in [-0.1, -0.05) is 44.4 Å². The Morgan fingerprint density at radius 1 is 0.895 bits per heavy atom. The highest BCUT2D eigenvalue weighted by Gasteiger charge is 1.97. The number of rotatable bonds is 7. The molecule has 2 aromatic rings. The van der Waals surface area contributed by atoms with E-state index in [1.165, 1.54) is 31.4 Å². The number of hydrogen-bond acceptors (Lipinski definition) is 2. The Bertz CT molecular complexity index is 462. The minimum Gasteiger partial charge on any atom is -0.354 e. The molecule has 1 aromatic heterocycles. The van der Waals surface area contributed by atoms with E-state index in [2.05, 4.69) is 41.5 Å². The predicted octanol–water partition coefficient (Wildman–Crippen LogP) is 4.95. The van der Waals surface area contributed by atoms with Crippen LogP contribution in [-0.2, 0) is 6.42 Å². The van der Waals surface area contributed by atoms with Crippen molar-refractivity contribution < 1.29 is 0 Å². The molecule has 0 spiro atoms. The number of para-hydroxylation sites is 1. The molecular formula is C17H22N2. The Labute approximate surface area is 115 Å². The smallest absolute Gasteiger partial charge is 0.0570 e. The van der Waals surface area contributed by atoms with E-state index in [-0.39, 0.29) is 0 Å². The van der Waals surface area contributed by atoms with Crippen molar-refractivity contribution in [2.45, 2.75) is 39.0 Å². The molecule has 1 aromatic carbocycles. The molecule has 0 aliphatic carbocycles. The van der Waals surface area contributed by atoms with E-state index in [0.717, 1.165) is 17.8 Å². The van der Waals surface area contributed by atoms with Crippen LogP contribution in [-0.4, -0.2) is 4.98 Å². The monoisotopic (exact) mass is 254 g/mol. The maximum atomic E-state index is 4.51. The average molecular weight is 254 g/mol. The van der Waals surface area contributed by atoms with Crippen LogP contribution in [0.3, 0.4) is 0 Å². The van der Waals surface area contributed by atoms with Crippen molar-refractivity contribution in [2.24, 2.45) is 0 Å². The van der Waals surface area contributed by atoms with Gasteiger partial charge < -0.3 is 5.32 Å². The molecule has 0 fully saturated rings. The molecule has 0 aliphatic heterocycles. The van der Waals surface area contributed by atoms with Gasteiger partial charge in [0, 0.05) is 11.4 Å². The number of hydrogen-bond donors (Lipinski definition) is 1. The fraction of sp³-hybridized carbons (Fsp3) is 0.353. The average Bonchev–Trinajstić information content (AvgIpc) is 2.46. The lowest BCUT2D eigenvalue weighted by Crippen LogP contribution is -1.94. The second-order valence-corrected chi connectivity index (χ2v) is 4.84. The second kappa shape index (κ2) is 7.57. The standard InChI is InChI=1S/C17H22N2/c1-2-3-4-6-9-15-12-13-17(14-18-15)19-16-10-7-5-8-11-16/h5,7-8,10-14,19H,2-4,6,9H2,1H3. The first-order chi connectivity index (χ1) is 9.38.